The van der Waals surface area contributed by atoms with Gasteiger partial charge in [-0.1, -0.05) is 29.8 Å². The molecule has 2 amide bonds. The van der Waals surface area contributed by atoms with E-state index in [9.17, 15) is 15.0 Å². The number of aromatic nitrogens is 3. The van der Waals surface area contributed by atoms with E-state index in [1.54, 1.807) is 6.20 Å². The molecule has 4 rings (SSSR count). The maximum Gasteiger partial charge on any atom is 0.329 e. The number of urea groups is 1. The van der Waals surface area contributed by atoms with Gasteiger partial charge in [-0.25, -0.2) is 9.78 Å². The average Bonchev–Trinajstić information content (AvgIpc) is 2.97. The maximum absolute atomic E-state index is 12.3. The molecule has 1 saturated heterocycles. The molecule has 1 aromatic carbocycles. The highest BCUT2D eigenvalue weighted by Crippen LogP contribution is 2.27. The summed E-state index contributed by atoms with van der Waals surface area (Å²) in [7, 11) is 1.31. The number of β-amino-alcohol motifs (C(OH)–C–C–N with tert-alkyl or cyclic N) is 2. The van der Waals surface area contributed by atoms with Crippen LogP contribution >= 0.6 is 11.6 Å². The standard InChI is InChI=1S/C21H21ClN6O3/c1-13(17-7-6-15(11-24-17)14-4-3-5-16(22)10-14)25-19-23-9-8-18(26-19)28-12-21(30,31)27(2)20(28)29/h3-11,13,30-31H,12H2,1-2H3,(H,23,25,26). The van der Waals surface area contributed by atoms with E-state index in [-0.39, 0.29) is 24.4 Å². The summed E-state index contributed by atoms with van der Waals surface area (Å²) in [5, 5.41) is 23.6. The fourth-order valence-electron chi connectivity index (χ4n) is 3.24. The van der Waals surface area contributed by atoms with Crippen molar-refractivity contribution in [2.24, 2.45) is 0 Å². The topological polar surface area (TPSA) is 115 Å². The van der Waals surface area contributed by atoms with Gasteiger partial charge in [-0.15, -0.1) is 0 Å². The van der Waals surface area contributed by atoms with Crippen molar-refractivity contribution >= 4 is 29.4 Å². The summed E-state index contributed by atoms with van der Waals surface area (Å²) in [4.78, 5) is 27.3. The molecule has 1 aliphatic rings. The van der Waals surface area contributed by atoms with Crippen molar-refractivity contribution in [1.82, 2.24) is 19.9 Å². The number of hydrogen-bond acceptors (Lipinski definition) is 7. The van der Waals surface area contributed by atoms with E-state index in [1.807, 2.05) is 43.3 Å². The van der Waals surface area contributed by atoms with Crippen LogP contribution in [0.2, 0.25) is 5.02 Å². The molecule has 0 aliphatic carbocycles. The molecule has 0 bridgehead atoms. The molecule has 1 atom stereocenters. The van der Waals surface area contributed by atoms with Gasteiger partial charge in [-0.3, -0.25) is 14.8 Å². The number of nitrogens with one attached hydrogen (secondary N) is 1. The number of anilines is 2. The first-order valence-corrected chi connectivity index (χ1v) is 9.94. The number of halogens is 1. The Morgan fingerprint density at radius 3 is 2.61 bits per heavy atom. The molecule has 1 aliphatic heterocycles. The zero-order valence-electron chi connectivity index (χ0n) is 16.9. The second-order valence-electron chi connectivity index (χ2n) is 7.29. The van der Waals surface area contributed by atoms with Crippen molar-refractivity contribution in [3.05, 3.63) is 65.6 Å². The van der Waals surface area contributed by atoms with Gasteiger partial charge in [0, 0.05) is 30.0 Å². The molecule has 9 nitrogen and oxygen atoms in total. The largest absolute Gasteiger partial charge is 0.347 e. The van der Waals surface area contributed by atoms with Crippen LogP contribution in [0.15, 0.2) is 54.9 Å². The molecule has 0 radical (unpaired) electrons. The highest BCUT2D eigenvalue weighted by molar-refractivity contribution is 6.30. The van der Waals surface area contributed by atoms with Crippen LogP contribution in [0.3, 0.4) is 0 Å². The van der Waals surface area contributed by atoms with E-state index in [2.05, 4.69) is 20.3 Å². The zero-order valence-corrected chi connectivity index (χ0v) is 17.7. The van der Waals surface area contributed by atoms with Gasteiger partial charge in [-0.2, -0.15) is 4.98 Å². The molecule has 10 heteroatoms. The Balaban J connectivity index is 1.48. The monoisotopic (exact) mass is 440 g/mol. The van der Waals surface area contributed by atoms with Gasteiger partial charge in [0.1, 0.15) is 12.4 Å². The van der Waals surface area contributed by atoms with E-state index in [1.165, 1.54) is 24.2 Å². The Kier molecular flexibility index (Phi) is 5.48. The number of nitrogens with zero attached hydrogens (tertiary/aromatic N) is 5. The van der Waals surface area contributed by atoms with Crippen molar-refractivity contribution in [1.29, 1.82) is 0 Å². The average molecular weight is 441 g/mol. The molecule has 1 unspecified atom stereocenters. The Morgan fingerprint density at radius 2 is 1.97 bits per heavy atom. The highest BCUT2D eigenvalue weighted by Gasteiger charge is 2.46. The third-order valence-corrected chi connectivity index (χ3v) is 5.31. The lowest BCUT2D eigenvalue weighted by Gasteiger charge is -2.20. The number of aliphatic hydroxyl groups is 2. The van der Waals surface area contributed by atoms with Gasteiger partial charge in [0.05, 0.1) is 11.7 Å². The lowest BCUT2D eigenvalue weighted by Crippen LogP contribution is -2.44. The number of carbonyl (C=O) groups is 1. The number of carbonyl (C=O) groups excluding carboxylic acids is 1. The van der Waals surface area contributed by atoms with Crippen molar-refractivity contribution < 1.29 is 15.0 Å². The number of rotatable bonds is 5. The second-order valence-corrected chi connectivity index (χ2v) is 7.73. The minimum absolute atomic E-state index is 0.213. The first-order chi connectivity index (χ1) is 14.7. The van der Waals surface area contributed by atoms with Gasteiger partial charge in [0.25, 0.3) is 5.91 Å². The number of likely N-dealkylation sites (N-methyl/N-ethyl adjacent to an activating group) is 1. The van der Waals surface area contributed by atoms with Crippen LogP contribution in [-0.2, 0) is 0 Å². The number of amides is 2. The Labute approximate surface area is 184 Å². The molecular formula is C21H21ClN6O3. The van der Waals surface area contributed by atoms with Gasteiger partial charge in [-0.05, 0) is 36.8 Å². The SMILES string of the molecule is CC(Nc1nccc(N2CC(O)(O)N(C)C2=O)n1)c1ccc(-c2cccc(Cl)c2)cn1. The summed E-state index contributed by atoms with van der Waals surface area (Å²) in [5.41, 5.74) is 2.71. The molecule has 0 saturated carbocycles. The molecule has 160 valence electrons. The summed E-state index contributed by atoms with van der Waals surface area (Å²) >= 11 is 6.06. The molecule has 1 fully saturated rings. The minimum Gasteiger partial charge on any atom is -0.347 e. The molecule has 3 aromatic rings. The van der Waals surface area contributed by atoms with Crippen LogP contribution in [-0.4, -0.2) is 55.6 Å². The van der Waals surface area contributed by atoms with Crippen LogP contribution < -0.4 is 10.2 Å². The summed E-state index contributed by atoms with van der Waals surface area (Å²) in [6.07, 6.45) is 3.27. The second kappa shape index (κ2) is 8.10. The summed E-state index contributed by atoms with van der Waals surface area (Å²) in [6, 6.07) is 12.2. The Bertz CT molecular complexity index is 1110. The predicted molar refractivity (Wildman–Crippen MR) is 116 cm³/mol. The van der Waals surface area contributed by atoms with Crippen molar-refractivity contribution in [2.45, 2.75) is 18.9 Å². The summed E-state index contributed by atoms with van der Waals surface area (Å²) in [5.74, 6) is -1.71. The van der Waals surface area contributed by atoms with Crippen molar-refractivity contribution in [3.63, 3.8) is 0 Å². The van der Waals surface area contributed by atoms with E-state index in [0.29, 0.717) is 5.02 Å². The van der Waals surface area contributed by atoms with Crippen LogP contribution in [0.5, 0.6) is 0 Å². The number of hydrogen-bond donors (Lipinski definition) is 3. The lowest BCUT2D eigenvalue weighted by molar-refractivity contribution is -0.214. The van der Waals surface area contributed by atoms with Gasteiger partial charge < -0.3 is 15.5 Å². The molecule has 3 N–H and O–H groups in total. The van der Waals surface area contributed by atoms with Crippen molar-refractivity contribution in [2.75, 3.05) is 23.8 Å². The fourth-order valence-corrected chi connectivity index (χ4v) is 3.43. The molecular weight excluding hydrogens is 420 g/mol. The Hall–Kier alpha value is -3.27. The smallest absolute Gasteiger partial charge is 0.329 e. The third-order valence-electron chi connectivity index (χ3n) is 5.08. The van der Waals surface area contributed by atoms with Gasteiger partial charge >= 0.3 is 6.03 Å². The van der Waals surface area contributed by atoms with Gasteiger partial charge in [0.15, 0.2) is 0 Å². The van der Waals surface area contributed by atoms with Crippen LogP contribution in [0.1, 0.15) is 18.7 Å². The van der Waals surface area contributed by atoms with E-state index < -0.39 is 11.9 Å². The minimum atomic E-state index is -2.25. The first-order valence-electron chi connectivity index (χ1n) is 9.56. The summed E-state index contributed by atoms with van der Waals surface area (Å²) in [6.45, 7) is 1.60. The van der Waals surface area contributed by atoms with Crippen LogP contribution in [0.25, 0.3) is 11.1 Å². The molecule has 3 heterocycles. The third kappa shape index (κ3) is 4.29. The van der Waals surface area contributed by atoms with E-state index in [4.69, 9.17) is 11.6 Å². The van der Waals surface area contributed by atoms with E-state index in [0.717, 1.165) is 21.7 Å². The lowest BCUT2D eigenvalue weighted by atomic mass is 10.1. The predicted octanol–water partition coefficient (Wildman–Crippen LogP) is 2.88. The normalized spacial score (nSPS) is 16.5. The Morgan fingerprint density at radius 1 is 1.16 bits per heavy atom. The van der Waals surface area contributed by atoms with Gasteiger partial charge in [0.2, 0.25) is 5.95 Å². The van der Waals surface area contributed by atoms with Crippen molar-refractivity contribution in [3.8, 4) is 11.1 Å². The molecule has 0 spiro atoms. The number of pyridine rings is 1. The fraction of sp³-hybridized carbons (Fsp3) is 0.238. The van der Waals surface area contributed by atoms with Crippen LogP contribution in [0.4, 0.5) is 16.6 Å². The zero-order chi connectivity index (χ0) is 22.2. The first kappa shape index (κ1) is 21.0. The summed E-state index contributed by atoms with van der Waals surface area (Å²) < 4.78 is 0. The maximum atomic E-state index is 12.3. The van der Waals surface area contributed by atoms with Crippen LogP contribution in [0, 0.1) is 0 Å². The molecule has 2 aromatic heterocycles. The molecule has 31 heavy (non-hydrogen) atoms. The number of benzene rings is 1. The quantitative estimate of drug-likeness (QED) is 0.522. The highest BCUT2D eigenvalue weighted by atomic mass is 35.5. The van der Waals surface area contributed by atoms with E-state index >= 15 is 0 Å².